The number of carbonyl (C=O) groups excluding carboxylic acids is 1. The van der Waals surface area contributed by atoms with Crippen LogP contribution in [0.5, 0.6) is 5.75 Å². The maximum Gasteiger partial charge on any atom is 0.387 e. The lowest BCUT2D eigenvalue weighted by atomic mass is 10.1. The highest BCUT2D eigenvalue weighted by Crippen LogP contribution is 2.22. The van der Waals surface area contributed by atoms with E-state index in [9.17, 15) is 13.6 Å². The van der Waals surface area contributed by atoms with Gasteiger partial charge in [0.25, 0.3) is 5.91 Å². The van der Waals surface area contributed by atoms with Crippen LogP contribution in [0.3, 0.4) is 0 Å². The fourth-order valence-corrected chi connectivity index (χ4v) is 3.69. The zero-order valence-electron chi connectivity index (χ0n) is 18.9. The second kappa shape index (κ2) is 13.3. The average Bonchev–Trinajstić information content (AvgIpc) is 2.81. The summed E-state index contributed by atoms with van der Waals surface area (Å²) in [6, 6.07) is 12.6. The number of halogens is 3. The van der Waals surface area contributed by atoms with E-state index in [4.69, 9.17) is 0 Å². The summed E-state index contributed by atoms with van der Waals surface area (Å²) >= 11 is 0. The van der Waals surface area contributed by atoms with Gasteiger partial charge in [-0.3, -0.25) is 9.79 Å². The maximum absolute atomic E-state index is 12.7. The van der Waals surface area contributed by atoms with Crippen LogP contribution in [0, 0.1) is 6.92 Å². The molecule has 2 aromatic carbocycles. The molecule has 1 fully saturated rings. The van der Waals surface area contributed by atoms with Crippen LogP contribution in [0.2, 0.25) is 0 Å². The summed E-state index contributed by atoms with van der Waals surface area (Å²) in [7, 11) is 1.64. The van der Waals surface area contributed by atoms with Crippen LogP contribution in [0.15, 0.2) is 47.5 Å². The molecule has 2 aromatic rings. The number of ether oxygens (including phenoxy) is 1. The first-order valence-electron chi connectivity index (χ1n) is 10.8. The van der Waals surface area contributed by atoms with E-state index in [0.717, 1.165) is 37.1 Å². The fraction of sp³-hybridized carbons (Fsp3) is 0.417. The van der Waals surface area contributed by atoms with Gasteiger partial charge in [-0.15, -0.1) is 24.0 Å². The zero-order valence-corrected chi connectivity index (χ0v) is 21.3. The van der Waals surface area contributed by atoms with Gasteiger partial charge in [0.1, 0.15) is 5.75 Å². The van der Waals surface area contributed by atoms with Gasteiger partial charge in [0.2, 0.25) is 0 Å². The Balaban J connectivity index is 0.00000385. The Bertz CT molecular complexity index is 933. The van der Waals surface area contributed by atoms with E-state index in [1.165, 1.54) is 6.42 Å². The standard InChI is InChI=1S/C24H30F2N4O2.HI/c1-17-6-11-21(32-23(25)26)20(14-17)16-29-24(27-2)28-15-18-7-9-19(10-8-18)22(31)30-12-4-3-5-13-30;/h6-11,14,23H,3-5,12-13,15-16H2,1-2H3,(H2,27,28,29);1H. The highest BCUT2D eigenvalue weighted by Gasteiger charge is 2.18. The van der Waals surface area contributed by atoms with E-state index >= 15 is 0 Å². The lowest BCUT2D eigenvalue weighted by molar-refractivity contribution is -0.0504. The van der Waals surface area contributed by atoms with Gasteiger partial charge >= 0.3 is 6.61 Å². The van der Waals surface area contributed by atoms with E-state index in [0.29, 0.717) is 23.6 Å². The van der Waals surface area contributed by atoms with Crippen LogP contribution < -0.4 is 15.4 Å². The van der Waals surface area contributed by atoms with Crippen molar-refractivity contribution in [1.29, 1.82) is 0 Å². The molecule has 6 nitrogen and oxygen atoms in total. The predicted octanol–water partition coefficient (Wildman–Crippen LogP) is 4.71. The van der Waals surface area contributed by atoms with Crippen LogP contribution >= 0.6 is 24.0 Å². The number of aliphatic imine (C=N–C) groups is 1. The van der Waals surface area contributed by atoms with E-state index < -0.39 is 6.61 Å². The molecule has 0 aliphatic carbocycles. The van der Waals surface area contributed by atoms with Crippen molar-refractivity contribution >= 4 is 35.8 Å². The van der Waals surface area contributed by atoms with Crippen LogP contribution in [0.25, 0.3) is 0 Å². The number of likely N-dealkylation sites (tertiary alicyclic amines) is 1. The Kier molecular flexibility index (Phi) is 10.8. The van der Waals surface area contributed by atoms with Crippen molar-refractivity contribution in [3.8, 4) is 5.75 Å². The van der Waals surface area contributed by atoms with Gasteiger partial charge in [-0.1, -0.05) is 29.8 Å². The lowest BCUT2D eigenvalue weighted by Crippen LogP contribution is -2.36. The second-order valence-electron chi connectivity index (χ2n) is 7.82. The summed E-state index contributed by atoms with van der Waals surface area (Å²) in [6.45, 7) is 1.46. The average molecular weight is 572 g/mol. The highest BCUT2D eigenvalue weighted by molar-refractivity contribution is 14.0. The number of amides is 1. The van der Waals surface area contributed by atoms with Crippen LogP contribution in [-0.2, 0) is 13.1 Å². The molecule has 9 heteroatoms. The van der Waals surface area contributed by atoms with Gasteiger partial charge in [0, 0.05) is 44.4 Å². The van der Waals surface area contributed by atoms with E-state index in [1.807, 2.05) is 36.1 Å². The molecule has 33 heavy (non-hydrogen) atoms. The molecule has 0 spiro atoms. The number of rotatable bonds is 7. The Labute approximate surface area is 210 Å². The number of nitrogens with zero attached hydrogens (tertiary/aromatic N) is 2. The van der Waals surface area contributed by atoms with Gasteiger partial charge in [0.15, 0.2) is 5.96 Å². The Hall–Kier alpha value is -2.43. The largest absolute Gasteiger partial charge is 0.434 e. The van der Waals surface area contributed by atoms with E-state index in [-0.39, 0.29) is 42.2 Å². The number of piperidine rings is 1. The number of hydrogen-bond donors (Lipinski definition) is 2. The molecule has 1 aliphatic heterocycles. The van der Waals surface area contributed by atoms with Gasteiger partial charge in [0.05, 0.1) is 0 Å². The molecule has 1 aliphatic rings. The topological polar surface area (TPSA) is 66.0 Å². The van der Waals surface area contributed by atoms with Gasteiger partial charge < -0.3 is 20.3 Å². The smallest absolute Gasteiger partial charge is 0.387 e. The van der Waals surface area contributed by atoms with Crippen molar-refractivity contribution in [3.63, 3.8) is 0 Å². The summed E-state index contributed by atoms with van der Waals surface area (Å²) in [5.74, 6) is 0.757. The summed E-state index contributed by atoms with van der Waals surface area (Å²) in [5, 5.41) is 6.32. The number of hydrogen-bond acceptors (Lipinski definition) is 3. The minimum Gasteiger partial charge on any atom is -0.434 e. The highest BCUT2D eigenvalue weighted by atomic mass is 127. The fourth-order valence-electron chi connectivity index (χ4n) is 3.69. The Morgan fingerprint density at radius 1 is 1.06 bits per heavy atom. The summed E-state index contributed by atoms with van der Waals surface area (Å²) in [5.41, 5.74) is 3.27. The third-order valence-electron chi connectivity index (χ3n) is 5.41. The lowest BCUT2D eigenvalue weighted by Gasteiger charge is -2.26. The molecule has 1 saturated heterocycles. The number of guanidine groups is 1. The molecule has 0 unspecified atom stereocenters. The molecule has 0 radical (unpaired) electrons. The number of carbonyl (C=O) groups is 1. The number of nitrogens with one attached hydrogen (secondary N) is 2. The Morgan fingerprint density at radius 3 is 2.36 bits per heavy atom. The molecule has 2 N–H and O–H groups in total. The van der Waals surface area contributed by atoms with E-state index in [1.54, 1.807) is 25.2 Å². The second-order valence-corrected chi connectivity index (χ2v) is 7.82. The van der Waals surface area contributed by atoms with E-state index in [2.05, 4.69) is 20.4 Å². The minimum atomic E-state index is -2.88. The maximum atomic E-state index is 12.7. The number of benzene rings is 2. The predicted molar refractivity (Wildman–Crippen MR) is 136 cm³/mol. The molecule has 180 valence electrons. The third kappa shape index (κ3) is 8.13. The van der Waals surface area contributed by atoms with Crippen LogP contribution in [0.1, 0.15) is 46.3 Å². The summed E-state index contributed by atoms with van der Waals surface area (Å²) < 4.78 is 29.9. The van der Waals surface area contributed by atoms with Crippen LogP contribution in [0.4, 0.5) is 8.78 Å². The third-order valence-corrected chi connectivity index (χ3v) is 5.41. The first-order chi connectivity index (χ1) is 15.5. The van der Waals surface area contributed by atoms with Crippen molar-refractivity contribution in [1.82, 2.24) is 15.5 Å². The minimum absolute atomic E-state index is 0. The van der Waals surface area contributed by atoms with Crippen LogP contribution in [-0.4, -0.2) is 43.5 Å². The molecule has 1 heterocycles. The quantitative estimate of drug-likeness (QED) is 0.287. The van der Waals surface area contributed by atoms with Crippen molar-refractivity contribution in [3.05, 3.63) is 64.7 Å². The van der Waals surface area contributed by atoms with Crippen molar-refractivity contribution in [2.24, 2.45) is 4.99 Å². The molecule has 0 bridgehead atoms. The zero-order chi connectivity index (χ0) is 22.9. The first kappa shape index (κ1) is 26.8. The number of aryl methyl sites for hydroxylation is 1. The van der Waals surface area contributed by atoms with Gasteiger partial charge in [-0.25, -0.2) is 0 Å². The molecular weight excluding hydrogens is 541 g/mol. The van der Waals surface area contributed by atoms with Crippen molar-refractivity contribution in [2.45, 2.75) is 45.9 Å². The molecule has 0 aromatic heterocycles. The molecule has 0 saturated carbocycles. The molecule has 3 rings (SSSR count). The van der Waals surface area contributed by atoms with Gasteiger partial charge in [-0.2, -0.15) is 8.78 Å². The summed E-state index contributed by atoms with van der Waals surface area (Å²) in [6.07, 6.45) is 3.32. The number of alkyl halides is 2. The van der Waals surface area contributed by atoms with Crippen molar-refractivity contribution < 1.29 is 18.3 Å². The summed E-state index contributed by atoms with van der Waals surface area (Å²) in [4.78, 5) is 18.7. The van der Waals surface area contributed by atoms with Gasteiger partial charge in [-0.05, 0) is 49.9 Å². The monoisotopic (exact) mass is 572 g/mol. The molecule has 1 amide bonds. The molecular formula is C24H31F2IN4O2. The Morgan fingerprint density at radius 2 is 1.73 bits per heavy atom. The molecule has 0 atom stereocenters. The first-order valence-corrected chi connectivity index (χ1v) is 10.8. The SMILES string of the molecule is CN=C(NCc1ccc(C(=O)N2CCCCC2)cc1)NCc1cc(C)ccc1OC(F)F.I. The van der Waals surface area contributed by atoms with Crippen molar-refractivity contribution in [2.75, 3.05) is 20.1 Å². The normalized spacial score (nSPS) is 14.0.